The van der Waals surface area contributed by atoms with Gasteiger partial charge in [0, 0.05) is 43.2 Å². The quantitative estimate of drug-likeness (QED) is 0.788. The first-order chi connectivity index (χ1) is 13.7. The molecule has 0 bridgehead atoms. The second-order valence-corrected chi connectivity index (χ2v) is 6.75. The van der Waals surface area contributed by atoms with Gasteiger partial charge in [-0.15, -0.1) is 13.2 Å². The van der Waals surface area contributed by atoms with Crippen molar-refractivity contribution in [3.8, 4) is 17.0 Å². The van der Waals surface area contributed by atoms with Crippen molar-refractivity contribution in [2.75, 3.05) is 18.0 Å². The monoisotopic (exact) mass is 410 g/mol. The SMILES string of the molecule is CC(=O)NC1CCN(c2cc(-c3ccc(OC(F)(F)F)c(CO)c3)ncn2)CC1. The molecule has 10 heteroatoms. The molecule has 2 aromatic rings. The molecule has 3 rings (SSSR count). The topological polar surface area (TPSA) is 87.6 Å². The Morgan fingerprint density at radius 3 is 2.62 bits per heavy atom. The molecule has 1 fully saturated rings. The summed E-state index contributed by atoms with van der Waals surface area (Å²) in [7, 11) is 0. The van der Waals surface area contributed by atoms with E-state index in [1.165, 1.54) is 25.4 Å². The van der Waals surface area contributed by atoms with Gasteiger partial charge in [0.05, 0.1) is 12.3 Å². The lowest BCUT2D eigenvalue weighted by Crippen LogP contribution is -2.44. The minimum atomic E-state index is -4.84. The van der Waals surface area contributed by atoms with Crippen molar-refractivity contribution >= 4 is 11.7 Å². The molecule has 0 saturated carbocycles. The van der Waals surface area contributed by atoms with Crippen LogP contribution in [0.3, 0.4) is 0 Å². The number of piperidine rings is 1. The third-order valence-electron chi connectivity index (χ3n) is 4.63. The lowest BCUT2D eigenvalue weighted by Gasteiger charge is -2.33. The third-order valence-corrected chi connectivity index (χ3v) is 4.63. The van der Waals surface area contributed by atoms with Gasteiger partial charge in [0.1, 0.15) is 17.9 Å². The number of rotatable bonds is 5. The number of aliphatic hydroxyl groups excluding tert-OH is 1. The van der Waals surface area contributed by atoms with Crippen LogP contribution in [0.15, 0.2) is 30.6 Å². The van der Waals surface area contributed by atoms with E-state index in [2.05, 4.69) is 24.9 Å². The summed E-state index contributed by atoms with van der Waals surface area (Å²) in [6, 6.07) is 5.92. The first-order valence-corrected chi connectivity index (χ1v) is 9.09. The predicted octanol–water partition coefficient (Wildman–Crippen LogP) is 2.64. The summed E-state index contributed by atoms with van der Waals surface area (Å²) in [6.45, 7) is 2.31. The van der Waals surface area contributed by atoms with Gasteiger partial charge in [-0.25, -0.2) is 9.97 Å². The lowest BCUT2D eigenvalue weighted by molar-refractivity contribution is -0.275. The molecule has 156 valence electrons. The van der Waals surface area contributed by atoms with Crippen LogP contribution in [0, 0.1) is 0 Å². The molecule has 0 unspecified atom stereocenters. The van der Waals surface area contributed by atoms with Crippen LogP contribution in [0.5, 0.6) is 5.75 Å². The van der Waals surface area contributed by atoms with E-state index in [1.54, 1.807) is 6.07 Å². The zero-order valence-corrected chi connectivity index (χ0v) is 15.7. The first kappa shape index (κ1) is 20.8. The Morgan fingerprint density at radius 2 is 2.00 bits per heavy atom. The largest absolute Gasteiger partial charge is 0.573 e. The summed E-state index contributed by atoms with van der Waals surface area (Å²) >= 11 is 0. The molecule has 1 aromatic carbocycles. The number of hydrogen-bond acceptors (Lipinski definition) is 6. The highest BCUT2D eigenvalue weighted by Crippen LogP contribution is 2.31. The fourth-order valence-electron chi connectivity index (χ4n) is 3.30. The van der Waals surface area contributed by atoms with Crippen LogP contribution >= 0.6 is 0 Å². The minimum Gasteiger partial charge on any atom is -0.405 e. The normalized spacial score (nSPS) is 15.3. The number of nitrogens with zero attached hydrogens (tertiary/aromatic N) is 3. The van der Waals surface area contributed by atoms with Crippen molar-refractivity contribution in [2.24, 2.45) is 0 Å². The maximum atomic E-state index is 12.5. The number of benzene rings is 1. The van der Waals surface area contributed by atoms with Crippen LogP contribution in [-0.4, -0.2) is 46.5 Å². The molecule has 1 saturated heterocycles. The number of carbonyl (C=O) groups excluding carboxylic acids is 1. The van der Waals surface area contributed by atoms with Crippen molar-refractivity contribution in [3.05, 3.63) is 36.2 Å². The van der Waals surface area contributed by atoms with Gasteiger partial charge in [0.2, 0.25) is 5.91 Å². The molecule has 29 heavy (non-hydrogen) atoms. The molecule has 1 amide bonds. The third kappa shape index (κ3) is 5.57. The summed E-state index contributed by atoms with van der Waals surface area (Å²) in [5, 5.41) is 12.3. The van der Waals surface area contributed by atoms with E-state index in [-0.39, 0.29) is 17.5 Å². The highest BCUT2D eigenvalue weighted by molar-refractivity contribution is 5.73. The molecule has 0 radical (unpaired) electrons. The molecule has 1 aliphatic heterocycles. The van der Waals surface area contributed by atoms with E-state index >= 15 is 0 Å². The Morgan fingerprint density at radius 1 is 1.28 bits per heavy atom. The van der Waals surface area contributed by atoms with Gasteiger partial charge in [-0.05, 0) is 31.0 Å². The Bertz CT molecular complexity index is 868. The van der Waals surface area contributed by atoms with Crippen molar-refractivity contribution in [2.45, 2.75) is 38.8 Å². The van der Waals surface area contributed by atoms with E-state index in [0.29, 0.717) is 30.2 Å². The van der Waals surface area contributed by atoms with Crippen LogP contribution < -0.4 is 15.0 Å². The number of aliphatic hydroxyl groups is 1. The fraction of sp³-hybridized carbons (Fsp3) is 0.421. The van der Waals surface area contributed by atoms with Crippen molar-refractivity contribution in [1.29, 1.82) is 0 Å². The maximum Gasteiger partial charge on any atom is 0.573 e. The zero-order valence-electron chi connectivity index (χ0n) is 15.7. The van der Waals surface area contributed by atoms with Crippen LogP contribution in [-0.2, 0) is 11.4 Å². The number of anilines is 1. The number of aromatic nitrogens is 2. The lowest BCUT2D eigenvalue weighted by atomic mass is 10.0. The second-order valence-electron chi connectivity index (χ2n) is 6.75. The van der Waals surface area contributed by atoms with Crippen LogP contribution in [0.1, 0.15) is 25.3 Å². The van der Waals surface area contributed by atoms with Gasteiger partial charge in [-0.3, -0.25) is 4.79 Å². The molecular weight excluding hydrogens is 389 g/mol. The number of ether oxygens (including phenoxy) is 1. The summed E-state index contributed by atoms with van der Waals surface area (Å²) in [4.78, 5) is 21.7. The summed E-state index contributed by atoms with van der Waals surface area (Å²) in [5.74, 6) is 0.195. The van der Waals surface area contributed by atoms with Crippen LogP contribution in [0.4, 0.5) is 19.0 Å². The molecule has 2 N–H and O–H groups in total. The Kier molecular flexibility index (Phi) is 6.21. The minimum absolute atomic E-state index is 0.0103. The molecule has 7 nitrogen and oxygen atoms in total. The zero-order chi connectivity index (χ0) is 21.0. The van der Waals surface area contributed by atoms with Crippen molar-refractivity contribution in [3.63, 3.8) is 0 Å². The number of nitrogens with one attached hydrogen (secondary N) is 1. The molecular formula is C19H21F3N4O3. The maximum absolute atomic E-state index is 12.5. The Hall–Kier alpha value is -2.88. The standard InChI is InChI=1S/C19H21F3N4O3/c1-12(28)25-15-4-6-26(7-5-15)18-9-16(23-11-24-18)13-2-3-17(14(8-13)10-27)29-19(20,21)22/h2-3,8-9,11,15,27H,4-7,10H2,1H3,(H,25,28). The molecule has 0 spiro atoms. The molecule has 1 aromatic heterocycles. The summed E-state index contributed by atoms with van der Waals surface area (Å²) < 4.78 is 41.4. The number of halogens is 3. The van der Waals surface area contributed by atoms with E-state index in [0.717, 1.165) is 18.9 Å². The number of hydrogen-bond donors (Lipinski definition) is 2. The van der Waals surface area contributed by atoms with Crippen LogP contribution in [0.2, 0.25) is 0 Å². The van der Waals surface area contributed by atoms with Gasteiger partial charge in [-0.2, -0.15) is 0 Å². The first-order valence-electron chi connectivity index (χ1n) is 9.09. The van der Waals surface area contributed by atoms with E-state index in [9.17, 15) is 23.1 Å². The molecule has 2 heterocycles. The number of carbonyl (C=O) groups is 1. The van der Waals surface area contributed by atoms with Gasteiger partial charge >= 0.3 is 6.36 Å². The van der Waals surface area contributed by atoms with E-state index < -0.39 is 18.7 Å². The molecule has 0 aliphatic carbocycles. The van der Waals surface area contributed by atoms with Crippen molar-refractivity contribution < 1.29 is 27.8 Å². The molecule has 1 aliphatic rings. The summed E-state index contributed by atoms with van der Waals surface area (Å²) in [5.41, 5.74) is 1.07. The van der Waals surface area contributed by atoms with E-state index in [4.69, 9.17) is 0 Å². The average molecular weight is 410 g/mol. The fourth-order valence-corrected chi connectivity index (χ4v) is 3.30. The number of amides is 1. The predicted molar refractivity (Wildman–Crippen MR) is 99.1 cm³/mol. The Labute approximate surface area is 165 Å². The average Bonchev–Trinajstić information content (AvgIpc) is 2.67. The highest BCUT2D eigenvalue weighted by atomic mass is 19.4. The molecule has 0 atom stereocenters. The van der Waals surface area contributed by atoms with Gasteiger partial charge in [-0.1, -0.05) is 0 Å². The van der Waals surface area contributed by atoms with Crippen molar-refractivity contribution in [1.82, 2.24) is 15.3 Å². The number of alkyl halides is 3. The van der Waals surface area contributed by atoms with Crippen LogP contribution in [0.25, 0.3) is 11.3 Å². The second kappa shape index (κ2) is 8.64. The summed E-state index contributed by atoms with van der Waals surface area (Å²) in [6.07, 6.45) is -1.87. The van der Waals surface area contributed by atoms with Gasteiger partial charge < -0.3 is 20.1 Å². The highest BCUT2D eigenvalue weighted by Gasteiger charge is 2.32. The van der Waals surface area contributed by atoms with Gasteiger partial charge in [0.25, 0.3) is 0 Å². The van der Waals surface area contributed by atoms with Gasteiger partial charge in [0.15, 0.2) is 0 Å². The van der Waals surface area contributed by atoms with E-state index in [1.807, 2.05) is 0 Å². The smallest absolute Gasteiger partial charge is 0.405 e. The Balaban J connectivity index is 1.77.